The molecule has 7 rings (SSSR count). The molecule has 0 aliphatic carbocycles. The maximum absolute atomic E-state index is 13.1. The largest absolute Gasteiger partial charge is 0.460 e. The van der Waals surface area contributed by atoms with E-state index in [9.17, 15) is 14.4 Å². The van der Waals surface area contributed by atoms with Gasteiger partial charge in [0.1, 0.15) is 12.1 Å². The predicted octanol–water partition coefficient (Wildman–Crippen LogP) is 3.97. The number of amides is 3. The molecule has 0 radical (unpaired) electrons. The molecule has 2 aromatic carbocycles. The van der Waals surface area contributed by atoms with Gasteiger partial charge in [-0.25, -0.2) is 9.97 Å². The van der Waals surface area contributed by atoms with Crippen LogP contribution in [0.3, 0.4) is 0 Å². The Bertz CT molecular complexity index is 1560. The lowest BCUT2D eigenvalue weighted by molar-refractivity contribution is -0.136. The molecule has 0 saturated carbocycles. The number of fused-ring (bicyclic) bond motifs is 1. The summed E-state index contributed by atoms with van der Waals surface area (Å²) in [6.07, 6.45) is 8.44. The second-order valence-electron chi connectivity index (χ2n) is 12.9. The Balaban J connectivity index is 0.881. The standard InChI is InChI=1S/C35H40N6O4/c1-23-19-36-35(37-20-23)45-29-12-16-40(17-13-29)28-5-2-24(3-6-28)21-39-14-10-25(11-15-39)26-4-7-30-27(18-26)22-41(34(30)44)31-8-9-32(42)38-33(31)43/h2-7,18-20,25,29,31H,8-17,21-22H2,1H3,(H,38,42,43). The normalized spacial score (nSPS) is 21.6. The molecule has 1 unspecified atom stereocenters. The maximum Gasteiger partial charge on any atom is 0.316 e. The average Bonchev–Trinajstić information content (AvgIpc) is 3.38. The number of carbonyl (C=O) groups excluding carboxylic acids is 3. The highest BCUT2D eigenvalue weighted by Crippen LogP contribution is 2.34. The number of carbonyl (C=O) groups is 3. The minimum Gasteiger partial charge on any atom is -0.460 e. The van der Waals surface area contributed by atoms with Gasteiger partial charge in [0, 0.05) is 69.1 Å². The summed E-state index contributed by atoms with van der Waals surface area (Å²) in [5.74, 6) is -0.286. The number of aromatic nitrogens is 2. The van der Waals surface area contributed by atoms with Crippen LogP contribution in [0.2, 0.25) is 0 Å². The number of piperidine rings is 3. The van der Waals surface area contributed by atoms with Gasteiger partial charge in [0.25, 0.3) is 5.91 Å². The number of hydrogen-bond acceptors (Lipinski definition) is 8. The topological polar surface area (TPSA) is 108 Å². The summed E-state index contributed by atoms with van der Waals surface area (Å²) in [5.41, 5.74) is 6.56. The predicted molar refractivity (Wildman–Crippen MR) is 169 cm³/mol. The van der Waals surface area contributed by atoms with Crippen molar-refractivity contribution in [2.24, 2.45) is 0 Å². The molecule has 5 heterocycles. The van der Waals surface area contributed by atoms with Crippen LogP contribution in [0.5, 0.6) is 6.01 Å². The Hall–Kier alpha value is -4.31. The molecule has 1 aromatic heterocycles. The fraction of sp³-hybridized carbons (Fsp3) is 0.457. The summed E-state index contributed by atoms with van der Waals surface area (Å²) < 4.78 is 6.00. The third-order valence-corrected chi connectivity index (χ3v) is 9.79. The summed E-state index contributed by atoms with van der Waals surface area (Å²) in [5, 5.41) is 2.38. The highest BCUT2D eigenvalue weighted by molar-refractivity contribution is 6.05. The molecule has 4 aliphatic heterocycles. The summed E-state index contributed by atoms with van der Waals surface area (Å²) in [6, 6.07) is 15.1. The van der Waals surface area contributed by atoms with Crippen molar-refractivity contribution in [1.29, 1.82) is 0 Å². The fourth-order valence-corrected chi connectivity index (χ4v) is 7.17. The van der Waals surface area contributed by atoms with Gasteiger partial charge in [0.2, 0.25) is 11.8 Å². The van der Waals surface area contributed by atoms with E-state index in [2.05, 4.69) is 61.5 Å². The number of likely N-dealkylation sites (tertiary alicyclic amines) is 1. The molecule has 3 fully saturated rings. The van der Waals surface area contributed by atoms with Crippen molar-refractivity contribution in [3.63, 3.8) is 0 Å². The van der Waals surface area contributed by atoms with Crippen molar-refractivity contribution >= 4 is 23.4 Å². The van der Waals surface area contributed by atoms with Crippen LogP contribution in [0.1, 0.15) is 77.1 Å². The Labute approximate surface area is 263 Å². The maximum atomic E-state index is 13.1. The van der Waals surface area contributed by atoms with E-state index in [1.807, 2.05) is 13.0 Å². The van der Waals surface area contributed by atoms with Crippen LogP contribution in [-0.4, -0.2) is 75.8 Å². The zero-order valence-corrected chi connectivity index (χ0v) is 25.8. The highest BCUT2D eigenvalue weighted by atomic mass is 16.5. The van der Waals surface area contributed by atoms with E-state index >= 15 is 0 Å². The molecule has 4 aliphatic rings. The highest BCUT2D eigenvalue weighted by Gasteiger charge is 2.39. The molecular formula is C35H40N6O4. The fourth-order valence-electron chi connectivity index (χ4n) is 7.17. The number of nitrogens with one attached hydrogen (secondary N) is 1. The quantitative estimate of drug-likeness (QED) is 0.402. The van der Waals surface area contributed by atoms with Crippen molar-refractivity contribution in [1.82, 2.24) is 25.1 Å². The number of anilines is 1. The molecule has 1 N–H and O–H groups in total. The van der Waals surface area contributed by atoms with E-state index in [4.69, 9.17) is 4.74 Å². The summed E-state index contributed by atoms with van der Waals surface area (Å²) in [4.78, 5) is 52.2. The van der Waals surface area contributed by atoms with Crippen LogP contribution >= 0.6 is 0 Å². The van der Waals surface area contributed by atoms with Gasteiger partial charge in [-0.3, -0.25) is 24.6 Å². The Morgan fingerprint density at radius 1 is 0.889 bits per heavy atom. The van der Waals surface area contributed by atoms with Gasteiger partial charge < -0.3 is 14.5 Å². The molecule has 0 spiro atoms. The monoisotopic (exact) mass is 608 g/mol. The van der Waals surface area contributed by atoms with Gasteiger partial charge in [-0.05, 0) is 85.6 Å². The molecule has 1 atom stereocenters. The van der Waals surface area contributed by atoms with E-state index < -0.39 is 6.04 Å². The van der Waals surface area contributed by atoms with Crippen molar-refractivity contribution < 1.29 is 19.1 Å². The second-order valence-corrected chi connectivity index (χ2v) is 12.9. The lowest BCUT2D eigenvalue weighted by Crippen LogP contribution is -2.52. The lowest BCUT2D eigenvalue weighted by Gasteiger charge is -2.34. The Morgan fingerprint density at radius 2 is 1.62 bits per heavy atom. The smallest absolute Gasteiger partial charge is 0.316 e. The van der Waals surface area contributed by atoms with Crippen LogP contribution in [0.4, 0.5) is 5.69 Å². The minimum absolute atomic E-state index is 0.112. The molecular weight excluding hydrogens is 568 g/mol. The van der Waals surface area contributed by atoms with Gasteiger partial charge in [-0.15, -0.1) is 0 Å². The zero-order chi connectivity index (χ0) is 30.9. The first-order valence-corrected chi connectivity index (χ1v) is 16.2. The van der Waals surface area contributed by atoms with Gasteiger partial charge >= 0.3 is 6.01 Å². The van der Waals surface area contributed by atoms with E-state index in [1.54, 1.807) is 17.3 Å². The number of nitrogens with zero attached hydrogens (tertiary/aromatic N) is 5. The molecule has 234 valence electrons. The van der Waals surface area contributed by atoms with Gasteiger partial charge in [0.15, 0.2) is 0 Å². The third-order valence-electron chi connectivity index (χ3n) is 9.79. The number of imide groups is 1. The van der Waals surface area contributed by atoms with Crippen molar-refractivity contribution in [3.05, 3.63) is 82.7 Å². The van der Waals surface area contributed by atoms with Crippen LogP contribution in [0.15, 0.2) is 54.9 Å². The second kappa shape index (κ2) is 12.6. The van der Waals surface area contributed by atoms with Crippen molar-refractivity contribution in [2.75, 3.05) is 31.1 Å². The first-order chi connectivity index (χ1) is 21.9. The number of benzene rings is 2. The zero-order valence-electron chi connectivity index (χ0n) is 25.8. The third kappa shape index (κ3) is 6.42. The Morgan fingerprint density at radius 3 is 2.33 bits per heavy atom. The number of aryl methyl sites for hydroxylation is 1. The van der Waals surface area contributed by atoms with E-state index in [0.717, 1.165) is 69.5 Å². The van der Waals surface area contributed by atoms with E-state index in [0.29, 0.717) is 30.5 Å². The van der Waals surface area contributed by atoms with E-state index in [-0.39, 0.29) is 30.2 Å². The lowest BCUT2D eigenvalue weighted by atomic mass is 9.87. The molecule has 0 bridgehead atoms. The summed E-state index contributed by atoms with van der Waals surface area (Å²) in [7, 11) is 0. The van der Waals surface area contributed by atoms with Crippen molar-refractivity contribution in [3.8, 4) is 6.01 Å². The van der Waals surface area contributed by atoms with Gasteiger partial charge in [0.05, 0.1) is 0 Å². The van der Waals surface area contributed by atoms with Crippen LogP contribution in [-0.2, 0) is 22.7 Å². The van der Waals surface area contributed by atoms with Crippen LogP contribution in [0, 0.1) is 6.92 Å². The molecule has 45 heavy (non-hydrogen) atoms. The van der Waals surface area contributed by atoms with Gasteiger partial charge in [-0.2, -0.15) is 0 Å². The molecule has 10 nitrogen and oxygen atoms in total. The first kappa shape index (κ1) is 29.4. The SMILES string of the molecule is Cc1cnc(OC2CCN(c3ccc(CN4CCC(c5ccc6c(c5)CN(C5CCC(=O)NC5=O)C6=O)CC4)cc3)CC2)nc1. The molecule has 3 aromatic rings. The summed E-state index contributed by atoms with van der Waals surface area (Å²) >= 11 is 0. The molecule has 3 amide bonds. The van der Waals surface area contributed by atoms with Crippen LogP contribution < -0.4 is 15.0 Å². The minimum atomic E-state index is -0.574. The number of hydrogen-bond donors (Lipinski definition) is 1. The average molecular weight is 609 g/mol. The summed E-state index contributed by atoms with van der Waals surface area (Å²) in [6.45, 7) is 7.31. The molecule has 3 saturated heterocycles. The number of rotatable bonds is 7. The first-order valence-electron chi connectivity index (χ1n) is 16.2. The van der Waals surface area contributed by atoms with Gasteiger partial charge in [-0.1, -0.05) is 24.3 Å². The Kier molecular flexibility index (Phi) is 8.23. The molecule has 10 heteroatoms. The van der Waals surface area contributed by atoms with Crippen molar-refractivity contribution in [2.45, 2.75) is 76.6 Å². The van der Waals surface area contributed by atoms with E-state index in [1.165, 1.54) is 16.8 Å². The number of ether oxygens (including phenoxy) is 1. The van der Waals surface area contributed by atoms with Crippen LogP contribution in [0.25, 0.3) is 0 Å².